The van der Waals surface area contributed by atoms with Crippen molar-refractivity contribution in [3.63, 3.8) is 0 Å². The molecular weight excluding hydrogens is 340 g/mol. The lowest BCUT2D eigenvalue weighted by molar-refractivity contribution is 0.925. The van der Waals surface area contributed by atoms with Gasteiger partial charge in [-0.05, 0) is 38.6 Å². The molecule has 0 unspecified atom stereocenters. The molecule has 27 heavy (non-hydrogen) atoms. The van der Waals surface area contributed by atoms with Gasteiger partial charge in [-0.3, -0.25) is 0 Å². The highest BCUT2D eigenvalue weighted by Gasteiger charge is 2.51. The van der Waals surface area contributed by atoms with Crippen molar-refractivity contribution in [2.24, 2.45) is 0 Å². The molecule has 0 fully saturated rings. The normalized spacial score (nSPS) is 17.4. The molecule has 5 rings (SSSR count). The van der Waals surface area contributed by atoms with Crippen LogP contribution in [0.15, 0.2) is 115 Å². The second-order valence-electron chi connectivity index (χ2n) is 7.36. The Hall–Kier alpha value is -2.90. The average Bonchev–Trinajstić information content (AvgIpc) is 3.12. The molecule has 0 nitrogen and oxygen atoms in total. The minimum Gasteiger partial charge on any atom is -0.0624 e. The van der Waals surface area contributed by atoms with Crippen molar-refractivity contribution in [1.82, 2.24) is 0 Å². The first-order chi connectivity index (χ1) is 13.4. The molecule has 1 aliphatic rings. The third-order valence-electron chi connectivity index (χ3n) is 6.05. The van der Waals surface area contributed by atoms with Gasteiger partial charge < -0.3 is 0 Å². The van der Waals surface area contributed by atoms with E-state index in [1.807, 2.05) is 0 Å². The smallest absolute Gasteiger partial charge is 0.0624 e. The van der Waals surface area contributed by atoms with Gasteiger partial charge in [-0.1, -0.05) is 115 Å². The van der Waals surface area contributed by atoms with Gasteiger partial charge >= 0.3 is 0 Å². The van der Waals surface area contributed by atoms with Crippen molar-refractivity contribution >= 4 is 23.6 Å². The Bertz CT molecular complexity index is 1000. The summed E-state index contributed by atoms with van der Waals surface area (Å²) < 4.78 is 0. The molecule has 0 radical (unpaired) electrons. The second kappa shape index (κ2) is 6.68. The van der Waals surface area contributed by atoms with E-state index in [2.05, 4.69) is 115 Å². The number of fused-ring (bicyclic) bond motifs is 1. The zero-order valence-corrected chi connectivity index (χ0v) is 16.3. The van der Waals surface area contributed by atoms with Crippen LogP contribution in [0, 0.1) is 0 Å². The summed E-state index contributed by atoms with van der Waals surface area (Å²) in [4.78, 5) is 0. The lowest BCUT2D eigenvalue weighted by atomic mass is 10.0. The molecular formula is C26H22Si. The summed E-state index contributed by atoms with van der Waals surface area (Å²) in [6.07, 6.45) is 1.12. The van der Waals surface area contributed by atoms with Gasteiger partial charge in [0.1, 0.15) is 0 Å². The van der Waals surface area contributed by atoms with Gasteiger partial charge in [0.2, 0.25) is 0 Å². The van der Waals surface area contributed by atoms with Gasteiger partial charge in [-0.15, -0.1) is 0 Å². The zero-order chi connectivity index (χ0) is 18.1. The van der Waals surface area contributed by atoms with Crippen LogP contribution in [0.4, 0.5) is 0 Å². The summed E-state index contributed by atoms with van der Waals surface area (Å²) in [6.45, 7) is 0. The molecule has 4 aromatic carbocycles. The van der Waals surface area contributed by atoms with E-state index in [0.29, 0.717) is 5.54 Å². The molecule has 0 amide bonds. The van der Waals surface area contributed by atoms with Gasteiger partial charge in [0.25, 0.3) is 0 Å². The van der Waals surface area contributed by atoms with Gasteiger partial charge in [-0.25, -0.2) is 0 Å². The van der Waals surface area contributed by atoms with Crippen LogP contribution >= 0.6 is 0 Å². The third kappa shape index (κ3) is 2.50. The van der Waals surface area contributed by atoms with E-state index in [-0.39, 0.29) is 0 Å². The summed E-state index contributed by atoms with van der Waals surface area (Å²) in [7, 11) is -2.18. The fourth-order valence-electron chi connectivity index (χ4n) is 4.98. The molecule has 1 atom stereocenters. The molecule has 130 valence electrons. The predicted octanol–water partition coefficient (Wildman–Crippen LogP) is 4.04. The molecule has 1 aliphatic heterocycles. The van der Waals surface area contributed by atoms with Gasteiger partial charge in [0.05, 0.1) is 0 Å². The van der Waals surface area contributed by atoms with Crippen molar-refractivity contribution < 1.29 is 0 Å². The van der Waals surface area contributed by atoms with Crippen molar-refractivity contribution in [1.29, 1.82) is 0 Å². The van der Waals surface area contributed by atoms with Crippen LogP contribution in [0.5, 0.6) is 0 Å². The van der Waals surface area contributed by atoms with Gasteiger partial charge in [0.15, 0.2) is 8.07 Å². The summed E-state index contributed by atoms with van der Waals surface area (Å²) in [5.74, 6) is 0. The fraction of sp³-hybridized carbons (Fsp3) is 0.0769. The minimum absolute atomic E-state index is 0.515. The quantitative estimate of drug-likeness (QED) is 0.483. The Morgan fingerprint density at radius 1 is 0.519 bits per heavy atom. The van der Waals surface area contributed by atoms with Crippen LogP contribution in [-0.2, 0) is 6.42 Å². The van der Waals surface area contributed by atoms with Crippen molar-refractivity contribution in [3.05, 3.63) is 126 Å². The highest BCUT2D eigenvalue weighted by Crippen LogP contribution is 2.36. The van der Waals surface area contributed by atoms with Crippen LogP contribution in [0.3, 0.4) is 0 Å². The molecule has 1 heterocycles. The van der Waals surface area contributed by atoms with Crippen LogP contribution in [0.25, 0.3) is 0 Å². The van der Waals surface area contributed by atoms with Crippen LogP contribution in [0.1, 0.15) is 16.7 Å². The maximum Gasteiger partial charge on any atom is 0.156 e. The van der Waals surface area contributed by atoms with E-state index in [4.69, 9.17) is 0 Å². The summed E-state index contributed by atoms with van der Waals surface area (Å²) in [5.41, 5.74) is 3.50. The predicted molar refractivity (Wildman–Crippen MR) is 117 cm³/mol. The lowest BCUT2D eigenvalue weighted by Gasteiger charge is -2.36. The van der Waals surface area contributed by atoms with Crippen molar-refractivity contribution in [2.45, 2.75) is 12.0 Å². The molecule has 0 spiro atoms. The van der Waals surface area contributed by atoms with E-state index < -0.39 is 8.07 Å². The summed E-state index contributed by atoms with van der Waals surface area (Å²) in [5, 5.41) is 4.60. The highest BCUT2D eigenvalue weighted by atomic mass is 28.3. The summed E-state index contributed by atoms with van der Waals surface area (Å²) >= 11 is 0. The number of hydrogen-bond donors (Lipinski definition) is 0. The first-order valence-corrected chi connectivity index (χ1v) is 11.7. The molecule has 0 aromatic heterocycles. The SMILES string of the molecule is c1ccc([C@@H]2Cc3ccccc3[Si]2(c2ccccc2)c2ccccc2)cc1. The largest absolute Gasteiger partial charge is 0.156 e. The van der Waals surface area contributed by atoms with Crippen LogP contribution in [-0.4, -0.2) is 8.07 Å². The van der Waals surface area contributed by atoms with E-state index in [9.17, 15) is 0 Å². The van der Waals surface area contributed by atoms with Gasteiger partial charge in [0, 0.05) is 0 Å². The number of benzene rings is 4. The second-order valence-corrected chi connectivity index (χ2v) is 11.4. The standard InChI is InChI=1S/C26H22Si/c1-4-12-21(13-5-1)26-20-22-14-10-11-19-25(22)27(26,23-15-6-2-7-16-23)24-17-8-3-9-18-24/h1-19,26H,20H2/t26-/m0/s1. The Balaban J connectivity index is 1.88. The highest BCUT2D eigenvalue weighted by molar-refractivity contribution is 7.13. The Morgan fingerprint density at radius 2 is 1.00 bits per heavy atom. The Kier molecular flexibility index (Phi) is 4.03. The van der Waals surface area contributed by atoms with E-state index >= 15 is 0 Å². The van der Waals surface area contributed by atoms with E-state index in [1.165, 1.54) is 21.5 Å². The first-order valence-electron chi connectivity index (χ1n) is 9.65. The van der Waals surface area contributed by atoms with Crippen LogP contribution < -0.4 is 15.6 Å². The Morgan fingerprint density at radius 3 is 1.59 bits per heavy atom. The molecule has 0 saturated carbocycles. The number of rotatable bonds is 3. The lowest BCUT2D eigenvalue weighted by Crippen LogP contribution is -2.68. The monoisotopic (exact) mass is 362 g/mol. The first kappa shape index (κ1) is 16.3. The molecule has 0 N–H and O–H groups in total. The minimum atomic E-state index is -2.18. The maximum atomic E-state index is 2.39. The van der Waals surface area contributed by atoms with Crippen molar-refractivity contribution in [2.75, 3.05) is 0 Å². The van der Waals surface area contributed by atoms with Crippen LogP contribution in [0.2, 0.25) is 0 Å². The third-order valence-corrected chi connectivity index (χ3v) is 11.5. The topological polar surface area (TPSA) is 0 Å². The zero-order valence-electron chi connectivity index (χ0n) is 15.3. The molecule has 0 bridgehead atoms. The molecule has 4 aromatic rings. The maximum absolute atomic E-state index is 2.39. The summed E-state index contributed by atoms with van der Waals surface area (Å²) in [6, 6.07) is 42.8. The Labute approximate surface area is 162 Å². The molecule has 0 aliphatic carbocycles. The van der Waals surface area contributed by atoms with E-state index in [0.717, 1.165) is 6.42 Å². The number of hydrogen-bond acceptors (Lipinski definition) is 0. The van der Waals surface area contributed by atoms with E-state index in [1.54, 1.807) is 5.19 Å². The molecule has 0 saturated heterocycles. The van der Waals surface area contributed by atoms with Gasteiger partial charge in [-0.2, -0.15) is 0 Å². The average molecular weight is 363 g/mol. The fourth-order valence-corrected chi connectivity index (χ4v) is 10.8. The molecule has 1 heteroatoms. The van der Waals surface area contributed by atoms with Crippen molar-refractivity contribution in [3.8, 4) is 0 Å².